The number of hydrogen-bond donors (Lipinski definition) is 1. The molecule has 0 bridgehead atoms. The maximum Gasteiger partial charge on any atom is 0.264 e. The van der Waals surface area contributed by atoms with E-state index >= 15 is 0 Å². The monoisotopic (exact) mass is 349 g/mol. The van der Waals surface area contributed by atoms with Gasteiger partial charge in [0.2, 0.25) is 5.91 Å². The molecule has 0 unspecified atom stereocenters. The number of aromatic nitrogens is 2. The Hall–Kier alpha value is -1.95. The molecular weight excluding hydrogens is 334 g/mol. The smallest absolute Gasteiger partial charge is 0.264 e. The third kappa shape index (κ3) is 3.58. The highest BCUT2D eigenvalue weighted by Crippen LogP contribution is 2.27. The Balaban J connectivity index is 2.25. The number of rotatable bonds is 2. The normalized spacial score (nSPS) is 11.2. The van der Waals surface area contributed by atoms with Gasteiger partial charge in [-0.05, 0) is 18.2 Å². The molecule has 0 aliphatic heterocycles. The highest BCUT2D eigenvalue weighted by molar-refractivity contribution is 9.10. The predicted molar refractivity (Wildman–Crippen MR) is 86.2 cm³/mol. The highest BCUT2D eigenvalue weighted by atomic mass is 79.9. The number of benzene rings is 1. The van der Waals surface area contributed by atoms with Crippen LogP contribution < -0.4 is 9.49 Å². The molecule has 0 saturated carbocycles. The summed E-state index contributed by atoms with van der Waals surface area (Å²) in [6.07, 6.45) is 0. The fourth-order valence-electron chi connectivity index (χ4n) is 1.68. The largest absolute Gasteiger partial charge is 0.273 e. The van der Waals surface area contributed by atoms with Crippen LogP contribution in [0, 0.1) is 5.41 Å². The Morgan fingerprint density at radius 1 is 1.14 bits per heavy atom. The second-order valence-corrected chi connectivity index (χ2v) is 6.40. The van der Waals surface area contributed by atoms with Gasteiger partial charge in [0, 0.05) is 17.0 Å². The van der Waals surface area contributed by atoms with Crippen LogP contribution in [0.15, 0.2) is 41.2 Å². The van der Waals surface area contributed by atoms with Crippen molar-refractivity contribution in [2.75, 3.05) is 3.93 Å². The summed E-state index contributed by atoms with van der Waals surface area (Å²) in [5.74, 6) is -0.0302. The molecule has 6 heteroatoms. The van der Waals surface area contributed by atoms with Crippen molar-refractivity contribution in [1.82, 2.24) is 10.2 Å². The van der Waals surface area contributed by atoms with Gasteiger partial charge in [0.15, 0.2) is 0 Å². The Morgan fingerprint density at radius 3 is 2.24 bits per heavy atom. The Labute approximate surface area is 131 Å². The first-order valence-electron chi connectivity index (χ1n) is 6.45. The zero-order chi connectivity index (χ0) is 15.6. The number of halogens is 1. The van der Waals surface area contributed by atoms with Gasteiger partial charge in [0.05, 0.1) is 27.5 Å². The fraction of sp³-hybridized carbons (Fsp3) is 0.267. The van der Waals surface area contributed by atoms with Crippen molar-refractivity contribution in [1.29, 1.82) is 0 Å². The molecule has 1 aromatic heterocycles. The zero-order valence-electron chi connectivity index (χ0n) is 12.1. The number of nitrogens with zero attached hydrogens (tertiary/aromatic N) is 2. The van der Waals surface area contributed by atoms with E-state index in [2.05, 4.69) is 26.3 Å². The first kappa shape index (κ1) is 15.4. The summed E-state index contributed by atoms with van der Waals surface area (Å²) >= 11 is 3.30. The number of hydrogen-bond acceptors (Lipinski definition) is 3. The van der Waals surface area contributed by atoms with Gasteiger partial charge >= 0.3 is 0 Å². The molecule has 0 saturated heterocycles. The number of aromatic amines is 1. The average Bonchev–Trinajstić information content (AvgIpc) is 2.46. The van der Waals surface area contributed by atoms with Crippen molar-refractivity contribution < 1.29 is 4.79 Å². The van der Waals surface area contributed by atoms with Crippen molar-refractivity contribution in [3.63, 3.8) is 0 Å². The molecule has 0 aliphatic rings. The van der Waals surface area contributed by atoms with Crippen LogP contribution in [-0.4, -0.2) is 16.1 Å². The van der Waals surface area contributed by atoms with Crippen LogP contribution in [0.1, 0.15) is 20.8 Å². The summed E-state index contributed by atoms with van der Waals surface area (Å²) in [7, 11) is 0. The Kier molecular flexibility index (Phi) is 4.27. The molecule has 0 fully saturated rings. The van der Waals surface area contributed by atoms with Crippen molar-refractivity contribution in [3.05, 3.63) is 46.8 Å². The first-order valence-corrected chi connectivity index (χ1v) is 7.16. The minimum absolute atomic E-state index is 0.0302. The lowest BCUT2D eigenvalue weighted by Gasteiger charge is -2.24. The van der Waals surface area contributed by atoms with Gasteiger partial charge in [-0.3, -0.25) is 9.59 Å². The molecule has 1 N–H and O–H groups in total. The topological polar surface area (TPSA) is 66.1 Å². The number of H-pyrrole nitrogens is 1. The van der Waals surface area contributed by atoms with Crippen molar-refractivity contribution in [3.8, 4) is 11.3 Å². The standard InChI is InChI=1S/C15H16BrN3O2/c1-15(2,3)14(21)19(16)11-6-4-10(5-7-11)12-8-9-13(20)18-17-12/h4-9H,1-3H3,(H,18,20). The van der Waals surface area contributed by atoms with Gasteiger partial charge in [-0.2, -0.15) is 5.10 Å². The third-order valence-electron chi connectivity index (χ3n) is 2.89. The van der Waals surface area contributed by atoms with Crippen LogP contribution in [0.3, 0.4) is 0 Å². The number of amides is 1. The summed E-state index contributed by atoms with van der Waals surface area (Å²) < 4.78 is 1.46. The predicted octanol–water partition coefficient (Wildman–Crippen LogP) is 3.13. The molecule has 21 heavy (non-hydrogen) atoms. The molecule has 0 radical (unpaired) electrons. The van der Waals surface area contributed by atoms with E-state index in [1.165, 1.54) is 9.99 Å². The lowest BCUT2D eigenvalue weighted by molar-refractivity contribution is -0.124. The second-order valence-electron chi connectivity index (χ2n) is 5.69. The summed E-state index contributed by atoms with van der Waals surface area (Å²) in [5, 5.41) is 6.36. The van der Waals surface area contributed by atoms with Gasteiger partial charge in [0.1, 0.15) is 0 Å². The van der Waals surface area contributed by atoms with E-state index in [4.69, 9.17) is 0 Å². The minimum Gasteiger partial charge on any atom is -0.273 e. The van der Waals surface area contributed by atoms with Crippen LogP contribution >= 0.6 is 16.1 Å². The zero-order valence-corrected chi connectivity index (χ0v) is 13.6. The Bertz CT molecular complexity index is 682. The molecule has 1 heterocycles. The fourth-order valence-corrected chi connectivity index (χ4v) is 2.45. The third-order valence-corrected chi connectivity index (χ3v) is 3.62. The molecule has 0 spiro atoms. The van der Waals surface area contributed by atoms with Crippen molar-refractivity contribution >= 4 is 27.7 Å². The van der Waals surface area contributed by atoms with Gasteiger partial charge in [0.25, 0.3) is 5.56 Å². The number of carbonyl (C=O) groups is 1. The quantitative estimate of drug-likeness (QED) is 0.847. The molecular formula is C15H16BrN3O2. The van der Waals surface area contributed by atoms with Gasteiger partial charge in [-0.15, -0.1) is 0 Å². The molecule has 0 atom stereocenters. The minimum atomic E-state index is -0.470. The SMILES string of the molecule is CC(C)(C)C(=O)N(Br)c1ccc(-c2ccc(=O)[nH]n2)cc1. The second kappa shape index (κ2) is 5.81. The molecule has 5 nitrogen and oxygen atoms in total. The van der Waals surface area contributed by atoms with Gasteiger partial charge in [-0.1, -0.05) is 32.9 Å². The summed E-state index contributed by atoms with van der Waals surface area (Å²) in [6.45, 7) is 5.59. The molecule has 1 amide bonds. The van der Waals surface area contributed by atoms with E-state index in [0.717, 1.165) is 11.3 Å². The van der Waals surface area contributed by atoms with E-state index in [-0.39, 0.29) is 11.5 Å². The molecule has 2 rings (SSSR count). The maximum absolute atomic E-state index is 12.2. The van der Waals surface area contributed by atoms with E-state index < -0.39 is 5.41 Å². The van der Waals surface area contributed by atoms with E-state index in [9.17, 15) is 9.59 Å². The first-order chi connectivity index (χ1) is 9.79. The number of carbonyl (C=O) groups excluding carboxylic acids is 1. The van der Waals surface area contributed by atoms with Gasteiger partial charge < -0.3 is 0 Å². The van der Waals surface area contributed by atoms with Crippen LogP contribution in [0.4, 0.5) is 5.69 Å². The summed E-state index contributed by atoms with van der Waals surface area (Å²) in [5.41, 5.74) is 1.56. The average molecular weight is 350 g/mol. The molecule has 110 valence electrons. The number of nitrogens with one attached hydrogen (secondary N) is 1. The van der Waals surface area contributed by atoms with Crippen molar-refractivity contribution in [2.45, 2.75) is 20.8 Å². The van der Waals surface area contributed by atoms with E-state index in [0.29, 0.717) is 5.69 Å². The molecule has 0 aliphatic carbocycles. The lowest BCUT2D eigenvalue weighted by atomic mass is 9.95. The van der Waals surface area contributed by atoms with Crippen LogP contribution in [0.25, 0.3) is 11.3 Å². The summed E-state index contributed by atoms with van der Waals surface area (Å²) in [6, 6.07) is 10.4. The molecule has 1 aromatic carbocycles. The van der Waals surface area contributed by atoms with E-state index in [1.54, 1.807) is 6.07 Å². The molecule has 2 aromatic rings. The Morgan fingerprint density at radius 2 is 1.76 bits per heavy atom. The lowest BCUT2D eigenvalue weighted by Crippen LogP contribution is -2.32. The van der Waals surface area contributed by atoms with Crippen LogP contribution in [0.5, 0.6) is 0 Å². The number of anilines is 1. The maximum atomic E-state index is 12.2. The van der Waals surface area contributed by atoms with E-state index in [1.807, 2.05) is 45.0 Å². The highest BCUT2D eigenvalue weighted by Gasteiger charge is 2.27. The van der Waals surface area contributed by atoms with Crippen LogP contribution in [0.2, 0.25) is 0 Å². The van der Waals surface area contributed by atoms with Crippen LogP contribution in [-0.2, 0) is 4.79 Å². The van der Waals surface area contributed by atoms with Crippen molar-refractivity contribution in [2.24, 2.45) is 5.41 Å². The summed E-state index contributed by atoms with van der Waals surface area (Å²) in [4.78, 5) is 23.2. The van der Waals surface area contributed by atoms with Gasteiger partial charge in [-0.25, -0.2) is 9.02 Å².